The van der Waals surface area contributed by atoms with E-state index in [-0.39, 0.29) is 28.6 Å². The molecule has 1 unspecified atom stereocenters. The molecule has 1 saturated heterocycles. The lowest BCUT2D eigenvalue weighted by Crippen LogP contribution is -2.54. The predicted molar refractivity (Wildman–Crippen MR) is 155 cm³/mol. The van der Waals surface area contributed by atoms with Crippen LogP contribution in [-0.2, 0) is 11.0 Å². The van der Waals surface area contributed by atoms with E-state index in [1.54, 1.807) is 30.3 Å². The fraction of sp³-hybridized carbons (Fsp3) is 0.400. The topological polar surface area (TPSA) is 99.7 Å². The van der Waals surface area contributed by atoms with Crippen molar-refractivity contribution in [1.82, 2.24) is 14.9 Å². The Bertz CT molecular complexity index is 1420. The van der Waals surface area contributed by atoms with Crippen LogP contribution in [-0.4, -0.2) is 52.5 Å². The average molecular weight is 585 g/mol. The number of piperazine rings is 1. The van der Waals surface area contributed by atoms with Crippen molar-refractivity contribution in [3.8, 4) is 11.6 Å². The number of nitrogens with zero attached hydrogens (tertiary/aromatic N) is 4. The van der Waals surface area contributed by atoms with Gasteiger partial charge in [0.05, 0.1) is 5.56 Å². The van der Waals surface area contributed by atoms with Crippen LogP contribution in [0.25, 0.3) is 0 Å². The monoisotopic (exact) mass is 584 g/mol. The molecule has 0 bridgehead atoms. The number of amides is 3. The maximum absolute atomic E-state index is 13.2. The van der Waals surface area contributed by atoms with Crippen molar-refractivity contribution in [3.63, 3.8) is 0 Å². The number of alkyl halides is 3. The summed E-state index contributed by atoms with van der Waals surface area (Å²) in [6.07, 6.45) is -2.60. The molecule has 0 aliphatic carbocycles. The molecule has 2 N–H and O–H groups in total. The number of carbonyl (C=O) groups is 2. The number of hydrogen-bond donors (Lipinski definition) is 2. The van der Waals surface area contributed by atoms with E-state index < -0.39 is 17.8 Å². The standard InChI is InChI=1S/C30H35F3N6O3/c1-19-6-7-22(14-24(19)30(31,32)33)37-28(41)36-21-8-10-23(11-9-21)42-26-15-25(34-18-35-26)39-13-12-38(17-20(39)2)27(40)16-29(3,4)5/h6-11,14-15,18,20H,12-13,16-17H2,1-5H3,(H2,36,37,41). The Hall–Kier alpha value is -4.35. The van der Waals surface area contributed by atoms with Gasteiger partial charge in [-0.3, -0.25) is 4.79 Å². The molecule has 1 atom stereocenters. The Balaban J connectivity index is 1.33. The molecule has 3 amide bonds. The lowest BCUT2D eigenvalue weighted by atomic mass is 9.91. The molecule has 0 saturated carbocycles. The molecule has 0 radical (unpaired) electrons. The van der Waals surface area contributed by atoms with E-state index in [1.807, 2.05) is 4.90 Å². The summed E-state index contributed by atoms with van der Waals surface area (Å²) in [6, 6.07) is 11.2. The Morgan fingerprint density at radius 3 is 2.29 bits per heavy atom. The summed E-state index contributed by atoms with van der Waals surface area (Å²) in [5.41, 5.74) is -0.364. The Labute approximate surface area is 243 Å². The number of halogens is 3. The van der Waals surface area contributed by atoms with Gasteiger partial charge in [-0.25, -0.2) is 14.8 Å². The molecule has 224 valence electrons. The number of anilines is 3. The van der Waals surface area contributed by atoms with Gasteiger partial charge in [0.2, 0.25) is 11.8 Å². The maximum atomic E-state index is 13.2. The Morgan fingerprint density at radius 1 is 0.976 bits per heavy atom. The van der Waals surface area contributed by atoms with Crippen LogP contribution in [0.3, 0.4) is 0 Å². The van der Waals surface area contributed by atoms with Gasteiger partial charge in [0, 0.05) is 49.5 Å². The number of rotatable bonds is 6. The third-order valence-electron chi connectivity index (χ3n) is 6.72. The van der Waals surface area contributed by atoms with Gasteiger partial charge >= 0.3 is 12.2 Å². The molecule has 3 aromatic rings. The van der Waals surface area contributed by atoms with E-state index >= 15 is 0 Å². The number of aryl methyl sites for hydroxylation is 1. The van der Waals surface area contributed by atoms with E-state index in [0.29, 0.717) is 49.2 Å². The van der Waals surface area contributed by atoms with Gasteiger partial charge in [-0.2, -0.15) is 13.2 Å². The van der Waals surface area contributed by atoms with Crippen molar-refractivity contribution in [2.24, 2.45) is 5.41 Å². The second kappa shape index (κ2) is 12.3. The SMILES string of the molecule is Cc1ccc(NC(=O)Nc2ccc(Oc3cc(N4CCN(C(=O)CC(C)(C)C)CC4C)ncn3)cc2)cc1C(F)(F)F. The van der Waals surface area contributed by atoms with Crippen molar-refractivity contribution in [2.75, 3.05) is 35.2 Å². The summed E-state index contributed by atoms with van der Waals surface area (Å²) in [5.74, 6) is 1.64. The van der Waals surface area contributed by atoms with Gasteiger partial charge in [0.25, 0.3) is 0 Å². The van der Waals surface area contributed by atoms with Gasteiger partial charge in [-0.05, 0) is 61.2 Å². The number of benzene rings is 2. The maximum Gasteiger partial charge on any atom is 0.416 e. The smallest absolute Gasteiger partial charge is 0.416 e. The first-order valence-electron chi connectivity index (χ1n) is 13.6. The molecule has 4 rings (SSSR count). The molecule has 1 aliphatic rings. The minimum Gasteiger partial charge on any atom is -0.439 e. The molecule has 2 aromatic carbocycles. The fourth-order valence-electron chi connectivity index (χ4n) is 4.66. The van der Waals surface area contributed by atoms with Crippen molar-refractivity contribution in [2.45, 2.75) is 53.3 Å². The molecule has 0 spiro atoms. The summed E-state index contributed by atoms with van der Waals surface area (Å²) >= 11 is 0. The van der Waals surface area contributed by atoms with Gasteiger partial charge < -0.3 is 25.2 Å². The zero-order valence-electron chi connectivity index (χ0n) is 24.2. The first-order valence-corrected chi connectivity index (χ1v) is 13.6. The minimum atomic E-state index is -4.52. The summed E-state index contributed by atoms with van der Waals surface area (Å²) < 4.78 is 45.4. The van der Waals surface area contributed by atoms with Crippen molar-refractivity contribution in [1.29, 1.82) is 0 Å². The van der Waals surface area contributed by atoms with Gasteiger partial charge in [-0.1, -0.05) is 26.8 Å². The molecular weight excluding hydrogens is 549 g/mol. The van der Waals surface area contributed by atoms with Crippen LogP contribution in [0, 0.1) is 12.3 Å². The average Bonchev–Trinajstić information content (AvgIpc) is 2.89. The quantitative estimate of drug-likeness (QED) is 0.334. The molecule has 42 heavy (non-hydrogen) atoms. The number of urea groups is 1. The summed E-state index contributed by atoms with van der Waals surface area (Å²) in [4.78, 5) is 37.7. The first kappa shape index (κ1) is 30.6. The molecule has 1 aliphatic heterocycles. The highest BCUT2D eigenvalue weighted by atomic mass is 19.4. The van der Waals surface area contributed by atoms with E-state index in [9.17, 15) is 22.8 Å². The highest BCUT2D eigenvalue weighted by molar-refractivity contribution is 5.99. The number of carbonyl (C=O) groups excluding carboxylic acids is 2. The third kappa shape index (κ3) is 8.11. The number of nitrogens with one attached hydrogen (secondary N) is 2. The molecule has 1 fully saturated rings. The molecule has 1 aromatic heterocycles. The summed E-state index contributed by atoms with van der Waals surface area (Å²) in [6.45, 7) is 11.4. The van der Waals surface area contributed by atoms with Crippen molar-refractivity contribution < 1.29 is 27.5 Å². The second-order valence-corrected chi connectivity index (χ2v) is 11.6. The highest BCUT2D eigenvalue weighted by Gasteiger charge is 2.33. The van der Waals surface area contributed by atoms with Crippen LogP contribution in [0.4, 0.5) is 35.2 Å². The van der Waals surface area contributed by atoms with Gasteiger partial charge in [-0.15, -0.1) is 0 Å². The number of aromatic nitrogens is 2. The van der Waals surface area contributed by atoms with Crippen LogP contribution < -0.4 is 20.3 Å². The van der Waals surface area contributed by atoms with Crippen LogP contribution in [0.5, 0.6) is 11.6 Å². The van der Waals surface area contributed by atoms with Crippen LogP contribution in [0.15, 0.2) is 54.9 Å². The van der Waals surface area contributed by atoms with E-state index in [2.05, 4.69) is 53.2 Å². The molecule has 12 heteroatoms. The normalized spacial score (nSPS) is 15.8. The summed E-state index contributed by atoms with van der Waals surface area (Å²) in [7, 11) is 0. The van der Waals surface area contributed by atoms with Crippen LogP contribution >= 0.6 is 0 Å². The van der Waals surface area contributed by atoms with Crippen LogP contribution in [0.2, 0.25) is 0 Å². The lowest BCUT2D eigenvalue weighted by Gasteiger charge is -2.41. The Kier molecular flexibility index (Phi) is 8.93. The molecule has 2 heterocycles. The lowest BCUT2D eigenvalue weighted by molar-refractivity contribution is -0.138. The van der Waals surface area contributed by atoms with E-state index in [1.165, 1.54) is 25.4 Å². The van der Waals surface area contributed by atoms with E-state index in [4.69, 9.17) is 4.74 Å². The van der Waals surface area contributed by atoms with Crippen LogP contribution in [0.1, 0.15) is 45.2 Å². The number of hydrogen-bond acceptors (Lipinski definition) is 6. The predicted octanol–water partition coefficient (Wildman–Crippen LogP) is 6.71. The molecule has 9 nitrogen and oxygen atoms in total. The molecular formula is C30H35F3N6O3. The van der Waals surface area contributed by atoms with Gasteiger partial charge in [0.15, 0.2) is 0 Å². The highest BCUT2D eigenvalue weighted by Crippen LogP contribution is 2.33. The first-order chi connectivity index (χ1) is 19.7. The zero-order chi connectivity index (χ0) is 30.7. The summed E-state index contributed by atoms with van der Waals surface area (Å²) in [5, 5.41) is 5.01. The number of ether oxygens (including phenoxy) is 1. The van der Waals surface area contributed by atoms with E-state index in [0.717, 1.165) is 6.07 Å². The minimum absolute atomic E-state index is 0.0252. The van der Waals surface area contributed by atoms with Crippen molar-refractivity contribution in [3.05, 3.63) is 66.0 Å². The second-order valence-electron chi connectivity index (χ2n) is 11.6. The zero-order valence-corrected chi connectivity index (χ0v) is 24.2. The fourth-order valence-corrected chi connectivity index (χ4v) is 4.66. The Morgan fingerprint density at radius 2 is 1.64 bits per heavy atom. The van der Waals surface area contributed by atoms with Gasteiger partial charge in [0.1, 0.15) is 17.9 Å². The largest absolute Gasteiger partial charge is 0.439 e. The third-order valence-corrected chi connectivity index (χ3v) is 6.72. The van der Waals surface area contributed by atoms with Crippen molar-refractivity contribution >= 4 is 29.1 Å².